The van der Waals surface area contributed by atoms with Gasteiger partial charge in [-0.25, -0.2) is 4.68 Å². The molecule has 1 aromatic heterocycles. The number of aromatic nitrogens is 2. The van der Waals surface area contributed by atoms with E-state index < -0.39 is 18.3 Å². The molecular formula is C20H22BrF3N4O. The van der Waals surface area contributed by atoms with Gasteiger partial charge in [0.1, 0.15) is 11.4 Å². The quantitative estimate of drug-likeness (QED) is 0.633. The van der Waals surface area contributed by atoms with Gasteiger partial charge in [-0.2, -0.15) is 18.3 Å². The van der Waals surface area contributed by atoms with Crippen LogP contribution in [0.1, 0.15) is 66.5 Å². The molecule has 2 heterocycles. The van der Waals surface area contributed by atoms with Crippen molar-refractivity contribution >= 4 is 27.7 Å². The molecule has 0 saturated heterocycles. The van der Waals surface area contributed by atoms with Crippen LogP contribution in [0.3, 0.4) is 0 Å². The molecule has 0 spiro atoms. The molecule has 1 fully saturated rings. The first-order valence-corrected chi connectivity index (χ1v) is 10.6. The maximum absolute atomic E-state index is 13.8. The van der Waals surface area contributed by atoms with E-state index in [1.54, 1.807) is 24.3 Å². The molecule has 1 amide bonds. The number of halogens is 4. The summed E-state index contributed by atoms with van der Waals surface area (Å²) in [6.45, 7) is 0. The number of benzene rings is 1. The van der Waals surface area contributed by atoms with Crippen LogP contribution < -0.4 is 10.6 Å². The van der Waals surface area contributed by atoms with E-state index >= 15 is 0 Å². The minimum atomic E-state index is -4.46. The van der Waals surface area contributed by atoms with Gasteiger partial charge in [-0.15, -0.1) is 0 Å². The van der Waals surface area contributed by atoms with Crippen molar-refractivity contribution in [3.8, 4) is 0 Å². The summed E-state index contributed by atoms with van der Waals surface area (Å²) in [5, 5.41) is 10.0. The Bertz CT molecular complexity index is 875. The van der Waals surface area contributed by atoms with Gasteiger partial charge in [0, 0.05) is 16.9 Å². The Balaban J connectivity index is 1.64. The van der Waals surface area contributed by atoms with E-state index in [9.17, 15) is 18.0 Å². The van der Waals surface area contributed by atoms with Crippen LogP contribution in [-0.2, 0) is 0 Å². The fourth-order valence-corrected chi connectivity index (χ4v) is 4.42. The number of hydrogen-bond acceptors (Lipinski definition) is 3. The van der Waals surface area contributed by atoms with E-state index in [4.69, 9.17) is 0 Å². The van der Waals surface area contributed by atoms with Crippen molar-refractivity contribution in [2.75, 3.05) is 5.32 Å². The fourth-order valence-electron chi connectivity index (χ4n) is 4.15. The third kappa shape index (κ3) is 4.29. The van der Waals surface area contributed by atoms with Gasteiger partial charge < -0.3 is 10.6 Å². The van der Waals surface area contributed by atoms with E-state index in [1.165, 1.54) is 6.20 Å². The first-order valence-electron chi connectivity index (χ1n) is 9.80. The van der Waals surface area contributed by atoms with Crippen molar-refractivity contribution in [1.82, 2.24) is 15.1 Å². The van der Waals surface area contributed by atoms with Crippen LogP contribution in [0.5, 0.6) is 0 Å². The first-order chi connectivity index (χ1) is 13.8. The lowest BCUT2D eigenvalue weighted by atomic mass is 9.95. The third-order valence-electron chi connectivity index (χ3n) is 5.70. The zero-order valence-electron chi connectivity index (χ0n) is 15.7. The van der Waals surface area contributed by atoms with Crippen LogP contribution in [-0.4, -0.2) is 27.9 Å². The van der Waals surface area contributed by atoms with Crippen LogP contribution >= 0.6 is 15.9 Å². The third-order valence-corrected chi connectivity index (χ3v) is 6.22. The van der Waals surface area contributed by atoms with Gasteiger partial charge in [0.25, 0.3) is 5.91 Å². The van der Waals surface area contributed by atoms with Gasteiger partial charge in [-0.3, -0.25) is 4.79 Å². The summed E-state index contributed by atoms with van der Waals surface area (Å²) in [7, 11) is 0. The van der Waals surface area contributed by atoms with E-state index in [0.717, 1.165) is 46.8 Å². The summed E-state index contributed by atoms with van der Waals surface area (Å²) >= 11 is 3.34. The molecular weight excluding hydrogens is 449 g/mol. The van der Waals surface area contributed by atoms with E-state index in [-0.39, 0.29) is 29.8 Å². The van der Waals surface area contributed by atoms with E-state index in [1.807, 2.05) is 0 Å². The minimum absolute atomic E-state index is 0.0658. The smallest absolute Gasteiger partial charge is 0.363 e. The normalized spacial score (nSPS) is 22.6. The van der Waals surface area contributed by atoms with Crippen molar-refractivity contribution in [3.63, 3.8) is 0 Å². The molecule has 2 aromatic rings. The highest BCUT2D eigenvalue weighted by Crippen LogP contribution is 2.44. The van der Waals surface area contributed by atoms with Crippen molar-refractivity contribution in [1.29, 1.82) is 0 Å². The molecule has 2 aliphatic rings. The Morgan fingerprint density at radius 3 is 2.52 bits per heavy atom. The van der Waals surface area contributed by atoms with E-state index in [0.29, 0.717) is 0 Å². The molecule has 1 aromatic carbocycles. The first kappa shape index (κ1) is 20.3. The summed E-state index contributed by atoms with van der Waals surface area (Å²) < 4.78 is 43.0. The number of nitrogens with zero attached hydrogens (tertiary/aromatic N) is 2. The van der Waals surface area contributed by atoms with Gasteiger partial charge in [0.2, 0.25) is 0 Å². The van der Waals surface area contributed by atoms with Crippen molar-refractivity contribution in [3.05, 3.63) is 46.1 Å². The van der Waals surface area contributed by atoms with Crippen LogP contribution in [0, 0.1) is 0 Å². The number of fused-ring (bicyclic) bond motifs is 1. The summed E-state index contributed by atoms with van der Waals surface area (Å²) in [5.41, 5.74) is 0.889. The van der Waals surface area contributed by atoms with Gasteiger partial charge in [-0.1, -0.05) is 47.3 Å². The highest BCUT2D eigenvalue weighted by atomic mass is 79.9. The zero-order valence-corrected chi connectivity index (χ0v) is 17.3. The Morgan fingerprint density at radius 2 is 1.86 bits per heavy atom. The highest BCUT2D eigenvalue weighted by Gasteiger charge is 2.47. The maximum atomic E-state index is 13.8. The lowest BCUT2D eigenvalue weighted by Gasteiger charge is -2.34. The largest absolute Gasteiger partial charge is 0.410 e. The SMILES string of the molecule is O=C(NC1CCCCC1)c1cnn2c1N[C@H](c1ccc(Br)cc1)C[C@@H]2C(F)(F)F. The molecule has 0 radical (unpaired) electrons. The summed E-state index contributed by atoms with van der Waals surface area (Å²) in [4.78, 5) is 12.8. The van der Waals surface area contributed by atoms with Crippen molar-refractivity contribution < 1.29 is 18.0 Å². The second kappa shape index (κ2) is 8.01. The fraction of sp³-hybridized carbons (Fsp3) is 0.500. The molecule has 156 valence electrons. The second-order valence-electron chi connectivity index (χ2n) is 7.70. The monoisotopic (exact) mass is 470 g/mol. The van der Waals surface area contributed by atoms with Gasteiger partial charge in [0.05, 0.1) is 12.2 Å². The van der Waals surface area contributed by atoms with Gasteiger partial charge in [-0.05, 0) is 30.5 Å². The molecule has 5 nitrogen and oxygen atoms in total. The number of hydrogen-bond donors (Lipinski definition) is 2. The number of carbonyl (C=O) groups excluding carboxylic acids is 1. The van der Waals surface area contributed by atoms with E-state index in [2.05, 4.69) is 31.7 Å². The van der Waals surface area contributed by atoms with Crippen LogP contribution in [0.25, 0.3) is 0 Å². The molecule has 29 heavy (non-hydrogen) atoms. The Hall–Kier alpha value is -2.03. The molecule has 9 heteroatoms. The number of carbonyl (C=O) groups is 1. The van der Waals surface area contributed by atoms with Gasteiger partial charge >= 0.3 is 6.18 Å². The molecule has 2 N–H and O–H groups in total. The Morgan fingerprint density at radius 1 is 1.17 bits per heavy atom. The number of anilines is 1. The van der Waals surface area contributed by atoms with Crippen LogP contribution in [0.2, 0.25) is 0 Å². The molecule has 1 saturated carbocycles. The Kier molecular flexibility index (Phi) is 5.59. The van der Waals surface area contributed by atoms with Crippen molar-refractivity contribution in [2.24, 2.45) is 0 Å². The van der Waals surface area contributed by atoms with Gasteiger partial charge in [0.15, 0.2) is 6.04 Å². The number of rotatable bonds is 3. The summed E-state index contributed by atoms with van der Waals surface area (Å²) in [6, 6.07) is 4.86. The predicted octanol–water partition coefficient (Wildman–Crippen LogP) is 5.37. The average Bonchev–Trinajstić information content (AvgIpc) is 3.12. The number of nitrogens with one attached hydrogen (secondary N) is 2. The lowest BCUT2D eigenvalue weighted by molar-refractivity contribution is -0.173. The molecule has 2 atom stereocenters. The van der Waals surface area contributed by atoms with Crippen LogP contribution in [0.4, 0.5) is 19.0 Å². The predicted molar refractivity (Wildman–Crippen MR) is 107 cm³/mol. The Labute approximate surface area is 175 Å². The molecule has 0 unspecified atom stereocenters. The lowest BCUT2D eigenvalue weighted by Crippen LogP contribution is -2.38. The summed E-state index contributed by atoms with van der Waals surface area (Å²) in [5.74, 6) is -0.247. The standard InChI is InChI=1S/C20H22BrF3N4O/c21-13-8-6-12(7-9-13)16-10-17(20(22,23)24)28-18(27-16)15(11-25-28)19(29)26-14-4-2-1-3-5-14/h6-9,11,14,16-17,27H,1-5,10H2,(H,26,29)/t16-,17+/m0/s1. The molecule has 1 aliphatic carbocycles. The topological polar surface area (TPSA) is 59.0 Å². The highest BCUT2D eigenvalue weighted by molar-refractivity contribution is 9.10. The molecule has 4 rings (SSSR count). The molecule has 0 bridgehead atoms. The number of amides is 1. The zero-order chi connectivity index (χ0) is 20.6. The van der Waals surface area contributed by atoms with Crippen molar-refractivity contribution in [2.45, 2.75) is 62.8 Å². The summed E-state index contributed by atoms with van der Waals surface area (Å²) in [6.07, 6.45) is 1.64. The second-order valence-corrected chi connectivity index (χ2v) is 8.62. The molecule has 1 aliphatic heterocycles. The number of alkyl halides is 3. The maximum Gasteiger partial charge on any atom is 0.410 e. The average molecular weight is 471 g/mol. The van der Waals surface area contributed by atoms with Crippen LogP contribution in [0.15, 0.2) is 34.9 Å². The minimum Gasteiger partial charge on any atom is -0.363 e.